The van der Waals surface area contributed by atoms with Crippen LogP contribution in [0.15, 0.2) is 0 Å². The lowest BCUT2D eigenvalue weighted by molar-refractivity contribution is 0.120. The summed E-state index contributed by atoms with van der Waals surface area (Å²) < 4.78 is 0. The zero-order chi connectivity index (χ0) is 12.1. The molecule has 0 aliphatic carbocycles. The zero-order valence-corrected chi connectivity index (χ0v) is 11.4. The van der Waals surface area contributed by atoms with Crippen LogP contribution in [-0.4, -0.2) is 35.2 Å². The fourth-order valence-electron chi connectivity index (χ4n) is 2.89. The number of aliphatic hydroxyl groups excluding tert-OH is 1. The van der Waals surface area contributed by atoms with Gasteiger partial charge in [-0.25, -0.2) is 0 Å². The molecule has 0 bridgehead atoms. The summed E-state index contributed by atoms with van der Waals surface area (Å²) in [6.07, 6.45) is 4.79. The molecule has 0 radical (unpaired) electrons. The molecular formula is C14H29NO. The summed E-state index contributed by atoms with van der Waals surface area (Å²) in [7, 11) is 0. The van der Waals surface area contributed by atoms with Crippen LogP contribution in [0.1, 0.15) is 53.4 Å². The van der Waals surface area contributed by atoms with Crippen LogP contribution in [0.4, 0.5) is 0 Å². The number of nitrogens with zero attached hydrogens (tertiary/aromatic N) is 1. The second-order valence-corrected chi connectivity index (χ2v) is 5.90. The molecule has 16 heavy (non-hydrogen) atoms. The average molecular weight is 227 g/mol. The summed E-state index contributed by atoms with van der Waals surface area (Å²) in [6.45, 7) is 11.3. The summed E-state index contributed by atoms with van der Waals surface area (Å²) in [5.41, 5.74) is 0. The van der Waals surface area contributed by atoms with Gasteiger partial charge in [0, 0.05) is 6.04 Å². The van der Waals surface area contributed by atoms with Gasteiger partial charge in [0.05, 0.1) is 6.10 Å². The molecular weight excluding hydrogens is 198 g/mol. The van der Waals surface area contributed by atoms with Crippen molar-refractivity contribution in [1.82, 2.24) is 4.90 Å². The molecule has 1 N–H and O–H groups in total. The highest BCUT2D eigenvalue weighted by Crippen LogP contribution is 2.25. The molecule has 2 heteroatoms. The van der Waals surface area contributed by atoms with Gasteiger partial charge in [-0.1, -0.05) is 13.8 Å². The van der Waals surface area contributed by atoms with E-state index in [1.54, 1.807) is 0 Å². The number of hydrogen-bond acceptors (Lipinski definition) is 2. The summed E-state index contributed by atoms with van der Waals surface area (Å²) in [5, 5.41) is 9.44. The van der Waals surface area contributed by atoms with Crippen molar-refractivity contribution in [3.05, 3.63) is 0 Å². The van der Waals surface area contributed by atoms with Crippen LogP contribution in [0.2, 0.25) is 0 Å². The number of hydrogen-bond donors (Lipinski definition) is 1. The van der Waals surface area contributed by atoms with Crippen LogP contribution in [0.5, 0.6) is 0 Å². The molecule has 96 valence electrons. The standard InChI is InChI=1S/C14H29NO/c1-11(2)14-6-5-8-15(9-7-14)12(3)10-13(4)16/h11-14,16H,5-10H2,1-4H3. The molecule has 1 aliphatic heterocycles. The fourth-order valence-corrected chi connectivity index (χ4v) is 2.89. The van der Waals surface area contributed by atoms with Crippen LogP contribution in [0, 0.1) is 11.8 Å². The Bertz CT molecular complexity index is 191. The van der Waals surface area contributed by atoms with E-state index in [1.165, 1.54) is 32.4 Å². The molecule has 0 aromatic carbocycles. The van der Waals surface area contributed by atoms with E-state index in [0.717, 1.165) is 18.3 Å². The van der Waals surface area contributed by atoms with Gasteiger partial charge in [-0.05, 0) is 64.5 Å². The molecule has 1 aliphatic rings. The molecule has 0 saturated carbocycles. The highest BCUT2D eigenvalue weighted by molar-refractivity contribution is 4.76. The lowest BCUT2D eigenvalue weighted by Crippen LogP contribution is -2.36. The summed E-state index contributed by atoms with van der Waals surface area (Å²) in [5.74, 6) is 1.73. The largest absolute Gasteiger partial charge is 0.393 e. The molecule has 0 spiro atoms. The third kappa shape index (κ3) is 4.42. The Kier molecular flexibility index (Phi) is 5.77. The van der Waals surface area contributed by atoms with Crippen LogP contribution < -0.4 is 0 Å². The molecule has 0 aromatic rings. The van der Waals surface area contributed by atoms with Gasteiger partial charge in [-0.3, -0.25) is 0 Å². The Morgan fingerprint density at radius 1 is 1.12 bits per heavy atom. The van der Waals surface area contributed by atoms with Gasteiger partial charge >= 0.3 is 0 Å². The van der Waals surface area contributed by atoms with Gasteiger partial charge < -0.3 is 10.0 Å². The predicted octanol–water partition coefficient (Wildman–Crippen LogP) is 2.90. The van der Waals surface area contributed by atoms with Gasteiger partial charge in [-0.2, -0.15) is 0 Å². The second kappa shape index (κ2) is 6.61. The summed E-state index contributed by atoms with van der Waals surface area (Å²) >= 11 is 0. The Balaban J connectivity index is 2.40. The normalized spacial score (nSPS) is 27.8. The number of rotatable bonds is 4. The van der Waals surface area contributed by atoms with Gasteiger partial charge in [0.25, 0.3) is 0 Å². The highest BCUT2D eigenvalue weighted by Gasteiger charge is 2.22. The molecule has 1 fully saturated rings. The third-order valence-corrected chi connectivity index (χ3v) is 4.06. The monoisotopic (exact) mass is 227 g/mol. The SMILES string of the molecule is CC(O)CC(C)N1CCCC(C(C)C)CC1. The Hall–Kier alpha value is -0.0800. The quantitative estimate of drug-likeness (QED) is 0.798. The minimum atomic E-state index is -0.167. The lowest BCUT2D eigenvalue weighted by Gasteiger charge is -2.28. The third-order valence-electron chi connectivity index (χ3n) is 4.06. The van der Waals surface area contributed by atoms with Crippen molar-refractivity contribution in [1.29, 1.82) is 0 Å². The van der Waals surface area contributed by atoms with Gasteiger partial charge in [0.15, 0.2) is 0 Å². The zero-order valence-electron chi connectivity index (χ0n) is 11.4. The summed E-state index contributed by atoms with van der Waals surface area (Å²) in [4.78, 5) is 2.56. The number of aliphatic hydroxyl groups is 1. The Labute approximate surface area is 101 Å². The van der Waals surface area contributed by atoms with Crippen molar-refractivity contribution in [2.75, 3.05) is 13.1 Å². The average Bonchev–Trinajstić information content (AvgIpc) is 2.41. The molecule has 3 atom stereocenters. The minimum absolute atomic E-state index is 0.167. The van der Waals surface area contributed by atoms with E-state index < -0.39 is 0 Å². The van der Waals surface area contributed by atoms with E-state index in [1.807, 2.05) is 6.92 Å². The Morgan fingerprint density at radius 3 is 2.38 bits per heavy atom. The molecule has 0 amide bonds. The smallest absolute Gasteiger partial charge is 0.0526 e. The first-order valence-electron chi connectivity index (χ1n) is 6.92. The van der Waals surface area contributed by atoms with E-state index in [0.29, 0.717) is 6.04 Å². The molecule has 1 rings (SSSR count). The van der Waals surface area contributed by atoms with E-state index in [4.69, 9.17) is 0 Å². The van der Waals surface area contributed by atoms with Crippen LogP contribution in [0.3, 0.4) is 0 Å². The van der Waals surface area contributed by atoms with Crippen molar-refractivity contribution >= 4 is 0 Å². The van der Waals surface area contributed by atoms with Crippen molar-refractivity contribution in [2.24, 2.45) is 11.8 Å². The molecule has 1 saturated heterocycles. The van der Waals surface area contributed by atoms with Crippen LogP contribution in [-0.2, 0) is 0 Å². The molecule has 2 nitrogen and oxygen atoms in total. The predicted molar refractivity (Wildman–Crippen MR) is 69.5 cm³/mol. The van der Waals surface area contributed by atoms with Crippen molar-refractivity contribution < 1.29 is 5.11 Å². The van der Waals surface area contributed by atoms with E-state index in [-0.39, 0.29) is 6.10 Å². The molecule has 3 unspecified atom stereocenters. The molecule has 1 heterocycles. The number of likely N-dealkylation sites (tertiary alicyclic amines) is 1. The van der Waals surface area contributed by atoms with Crippen LogP contribution >= 0.6 is 0 Å². The second-order valence-electron chi connectivity index (χ2n) is 5.90. The maximum absolute atomic E-state index is 9.44. The van der Waals surface area contributed by atoms with Crippen LogP contribution in [0.25, 0.3) is 0 Å². The van der Waals surface area contributed by atoms with Crippen molar-refractivity contribution in [3.63, 3.8) is 0 Å². The maximum Gasteiger partial charge on any atom is 0.0526 e. The van der Waals surface area contributed by atoms with Gasteiger partial charge in [0.2, 0.25) is 0 Å². The minimum Gasteiger partial charge on any atom is -0.393 e. The Morgan fingerprint density at radius 2 is 1.81 bits per heavy atom. The fraction of sp³-hybridized carbons (Fsp3) is 1.00. The van der Waals surface area contributed by atoms with Crippen molar-refractivity contribution in [2.45, 2.75) is 65.5 Å². The lowest BCUT2D eigenvalue weighted by atomic mass is 9.89. The first kappa shape index (κ1) is 14.0. The van der Waals surface area contributed by atoms with E-state index in [9.17, 15) is 5.11 Å². The maximum atomic E-state index is 9.44. The summed E-state index contributed by atoms with van der Waals surface area (Å²) in [6, 6.07) is 0.533. The first-order valence-corrected chi connectivity index (χ1v) is 6.92. The van der Waals surface area contributed by atoms with Gasteiger partial charge in [-0.15, -0.1) is 0 Å². The first-order chi connectivity index (χ1) is 7.50. The topological polar surface area (TPSA) is 23.5 Å². The van der Waals surface area contributed by atoms with Crippen molar-refractivity contribution in [3.8, 4) is 0 Å². The van der Waals surface area contributed by atoms with Gasteiger partial charge in [0.1, 0.15) is 0 Å². The van der Waals surface area contributed by atoms with E-state index in [2.05, 4.69) is 25.7 Å². The molecule has 0 aromatic heterocycles. The van der Waals surface area contributed by atoms with E-state index >= 15 is 0 Å². The highest BCUT2D eigenvalue weighted by atomic mass is 16.3.